The maximum Gasteiger partial charge on any atom is 0.231 e. The molecule has 0 saturated carbocycles. The smallest absolute Gasteiger partial charge is 0.231 e. The number of carbonyl (C=O) groups is 1. The molecule has 1 amide bonds. The van der Waals surface area contributed by atoms with Crippen molar-refractivity contribution in [3.63, 3.8) is 0 Å². The standard InChI is InChI=1S/C16H16N2O2S/c17-12-4-5-15-14(10-12)18(6-7-21-15)16(20)9-11-2-1-3-13(19)8-11/h1-5,8,10,19H,6-7,9,17H2. The normalized spacial score (nSPS) is 13.8. The van der Waals surface area contributed by atoms with Crippen LogP contribution in [0.5, 0.6) is 5.75 Å². The fraction of sp³-hybridized carbons (Fsp3) is 0.188. The zero-order valence-electron chi connectivity index (χ0n) is 11.5. The van der Waals surface area contributed by atoms with Crippen LogP contribution < -0.4 is 10.6 Å². The summed E-state index contributed by atoms with van der Waals surface area (Å²) >= 11 is 1.74. The Balaban J connectivity index is 1.85. The molecule has 0 fully saturated rings. The molecule has 0 unspecified atom stereocenters. The number of rotatable bonds is 2. The number of nitrogens with zero attached hydrogens (tertiary/aromatic N) is 1. The highest BCUT2D eigenvalue weighted by Gasteiger charge is 2.23. The molecule has 108 valence electrons. The van der Waals surface area contributed by atoms with E-state index in [0.29, 0.717) is 12.2 Å². The van der Waals surface area contributed by atoms with Gasteiger partial charge in [-0.2, -0.15) is 0 Å². The number of phenolic OH excluding ortho intramolecular Hbond substituents is 1. The molecule has 0 atom stereocenters. The Labute approximate surface area is 127 Å². The molecule has 0 radical (unpaired) electrons. The minimum atomic E-state index is 0.0211. The summed E-state index contributed by atoms with van der Waals surface area (Å²) in [5.41, 5.74) is 8.19. The highest BCUT2D eigenvalue weighted by atomic mass is 32.2. The first-order valence-electron chi connectivity index (χ1n) is 6.74. The van der Waals surface area contributed by atoms with Gasteiger partial charge in [0.1, 0.15) is 5.75 Å². The molecule has 0 aliphatic carbocycles. The number of hydrogen-bond acceptors (Lipinski definition) is 4. The Hall–Kier alpha value is -2.14. The van der Waals surface area contributed by atoms with E-state index in [4.69, 9.17) is 5.73 Å². The number of phenols is 1. The van der Waals surface area contributed by atoms with E-state index in [0.717, 1.165) is 21.9 Å². The fourth-order valence-electron chi connectivity index (χ4n) is 2.43. The van der Waals surface area contributed by atoms with Gasteiger partial charge in [-0.25, -0.2) is 0 Å². The molecule has 21 heavy (non-hydrogen) atoms. The predicted molar refractivity (Wildman–Crippen MR) is 85.7 cm³/mol. The predicted octanol–water partition coefficient (Wildman–Crippen LogP) is 2.66. The molecule has 1 aliphatic rings. The minimum absolute atomic E-state index is 0.0211. The van der Waals surface area contributed by atoms with Crippen molar-refractivity contribution < 1.29 is 9.90 Å². The third-order valence-electron chi connectivity index (χ3n) is 3.41. The Morgan fingerprint density at radius 2 is 2.14 bits per heavy atom. The summed E-state index contributed by atoms with van der Waals surface area (Å²) in [6.07, 6.45) is 0.271. The molecule has 0 spiro atoms. The molecule has 3 N–H and O–H groups in total. The Kier molecular flexibility index (Phi) is 3.75. The van der Waals surface area contributed by atoms with Gasteiger partial charge in [0.2, 0.25) is 5.91 Å². The maximum absolute atomic E-state index is 12.5. The van der Waals surface area contributed by atoms with Crippen molar-refractivity contribution in [1.82, 2.24) is 0 Å². The molecule has 3 rings (SSSR count). The monoisotopic (exact) mass is 300 g/mol. The fourth-order valence-corrected chi connectivity index (χ4v) is 3.41. The number of anilines is 2. The number of carbonyl (C=O) groups excluding carboxylic acids is 1. The van der Waals surface area contributed by atoms with E-state index < -0.39 is 0 Å². The van der Waals surface area contributed by atoms with E-state index in [1.54, 1.807) is 34.9 Å². The number of nitrogens with two attached hydrogens (primary N) is 1. The molecule has 0 bridgehead atoms. The van der Waals surface area contributed by atoms with Crippen LogP contribution in [0.2, 0.25) is 0 Å². The number of benzene rings is 2. The lowest BCUT2D eigenvalue weighted by atomic mass is 10.1. The van der Waals surface area contributed by atoms with Crippen LogP contribution in [-0.4, -0.2) is 23.3 Å². The first-order valence-corrected chi connectivity index (χ1v) is 7.72. The van der Waals surface area contributed by atoms with Crippen LogP contribution in [-0.2, 0) is 11.2 Å². The number of nitrogen functional groups attached to an aromatic ring is 1. The number of fused-ring (bicyclic) bond motifs is 1. The van der Waals surface area contributed by atoms with Crippen molar-refractivity contribution in [1.29, 1.82) is 0 Å². The summed E-state index contributed by atoms with van der Waals surface area (Å²) in [5.74, 6) is 1.08. The molecule has 2 aromatic rings. The first kappa shape index (κ1) is 13.8. The third kappa shape index (κ3) is 2.97. The van der Waals surface area contributed by atoms with Gasteiger partial charge in [-0.15, -0.1) is 11.8 Å². The molecule has 1 heterocycles. The van der Waals surface area contributed by atoms with Crippen LogP contribution in [0.1, 0.15) is 5.56 Å². The van der Waals surface area contributed by atoms with Crippen molar-refractivity contribution in [3.8, 4) is 5.75 Å². The minimum Gasteiger partial charge on any atom is -0.508 e. The van der Waals surface area contributed by atoms with Crippen molar-refractivity contribution >= 4 is 29.0 Å². The lowest BCUT2D eigenvalue weighted by Crippen LogP contribution is -2.36. The Morgan fingerprint density at radius 3 is 2.95 bits per heavy atom. The summed E-state index contributed by atoms with van der Waals surface area (Å²) in [5, 5.41) is 9.49. The molecular weight excluding hydrogens is 284 g/mol. The van der Waals surface area contributed by atoms with Crippen molar-refractivity contribution in [3.05, 3.63) is 48.0 Å². The average Bonchev–Trinajstić information content (AvgIpc) is 2.46. The summed E-state index contributed by atoms with van der Waals surface area (Å²) in [6.45, 7) is 0.679. The van der Waals surface area contributed by atoms with E-state index in [2.05, 4.69) is 0 Å². The van der Waals surface area contributed by atoms with Crippen LogP contribution in [0.3, 0.4) is 0 Å². The van der Waals surface area contributed by atoms with Gasteiger partial charge in [-0.1, -0.05) is 12.1 Å². The van der Waals surface area contributed by atoms with Gasteiger partial charge >= 0.3 is 0 Å². The highest BCUT2D eigenvalue weighted by Crippen LogP contribution is 2.36. The van der Waals surface area contributed by atoms with Gasteiger partial charge < -0.3 is 15.7 Å². The molecule has 5 heteroatoms. The lowest BCUT2D eigenvalue weighted by Gasteiger charge is -2.29. The second-order valence-corrected chi connectivity index (χ2v) is 6.10. The number of amides is 1. The molecule has 0 aromatic heterocycles. The van der Waals surface area contributed by atoms with Gasteiger partial charge in [0.25, 0.3) is 0 Å². The van der Waals surface area contributed by atoms with Gasteiger partial charge in [-0.05, 0) is 35.9 Å². The quantitative estimate of drug-likeness (QED) is 0.837. The van der Waals surface area contributed by atoms with Crippen LogP contribution in [0.15, 0.2) is 47.4 Å². The summed E-state index contributed by atoms with van der Waals surface area (Å²) in [4.78, 5) is 15.4. The van der Waals surface area contributed by atoms with E-state index in [1.165, 1.54) is 0 Å². The van der Waals surface area contributed by atoms with E-state index in [1.807, 2.05) is 24.3 Å². The largest absolute Gasteiger partial charge is 0.508 e. The zero-order chi connectivity index (χ0) is 14.8. The van der Waals surface area contributed by atoms with Crippen LogP contribution in [0.4, 0.5) is 11.4 Å². The second kappa shape index (κ2) is 5.69. The highest BCUT2D eigenvalue weighted by molar-refractivity contribution is 7.99. The van der Waals surface area contributed by atoms with Crippen molar-refractivity contribution in [2.75, 3.05) is 22.9 Å². The number of hydrogen-bond donors (Lipinski definition) is 2. The Bertz CT molecular complexity index is 688. The van der Waals surface area contributed by atoms with Crippen LogP contribution >= 0.6 is 11.8 Å². The topological polar surface area (TPSA) is 66.6 Å². The third-order valence-corrected chi connectivity index (χ3v) is 4.46. The van der Waals surface area contributed by atoms with Gasteiger partial charge in [0, 0.05) is 22.9 Å². The van der Waals surface area contributed by atoms with Crippen molar-refractivity contribution in [2.24, 2.45) is 0 Å². The molecule has 2 aromatic carbocycles. The van der Waals surface area contributed by atoms with E-state index in [9.17, 15) is 9.90 Å². The zero-order valence-corrected chi connectivity index (χ0v) is 12.3. The molecule has 0 saturated heterocycles. The molecule has 4 nitrogen and oxygen atoms in total. The maximum atomic E-state index is 12.5. The van der Waals surface area contributed by atoms with Gasteiger partial charge in [0.05, 0.1) is 12.1 Å². The van der Waals surface area contributed by atoms with E-state index >= 15 is 0 Å². The molecule has 1 aliphatic heterocycles. The van der Waals surface area contributed by atoms with Crippen LogP contribution in [0.25, 0.3) is 0 Å². The van der Waals surface area contributed by atoms with Crippen LogP contribution in [0, 0.1) is 0 Å². The summed E-state index contributed by atoms with van der Waals surface area (Å²) < 4.78 is 0. The number of aromatic hydroxyl groups is 1. The van der Waals surface area contributed by atoms with E-state index in [-0.39, 0.29) is 18.1 Å². The molecular formula is C16H16N2O2S. The first-order chi connectivity index (χ1) is 10.1. The van der Waals surface area contributed by atoms with Crippen molar-refractivity contribution in [2.45, 2.75) is 11.3 Å². The van der Waals surface area contributed by atoms with Gasteiger partial charge in [0.15, 0.2) is 0 Å². The average molecular weight is 300 g/mol. The van der Waals surface area contributed by atoms with Gasteiger partial charge in [-0.3, -0.25) is 4.79 Å². The lowest BCUT2D eigenvalue weighted by molar-refractivity contribution is -0.118. The second-order valence-electron chi connectivity index (χ2n) is 4.97. The summed E-state index contributed by atoms with van der Waals surface area (Å²) in [6, 6.07) is 12.5. The SMILES string of the molecule is Nc1ccc2c(c1)N(C(=O)Cc1cccc(O)c1)CCS2. The Morgan fingerprint density at radius 1 is 1.29 bits per heavy atom. The summed E-state index contributed by atoms with van der Waals surface area (Å²) in [7, 11) is 0. The number of thioether (sulfide) groups is 1.